The minimum absolute atomic E-state index is 0.223. The number of nitrogens with zero attached hydrogens (tertiary/aromatic N) is 1. The average Bonchev–Trinajstić information content (AvgIpc) is 2.77. The quantitative estimate of drug-likeness (QED) is 0.511. The van der Waals surface area contributed by atoms with Gasteiger partial charge in [0, 0.05) is 5.69 Å². The number of amides is 1. The highest BCUT2D eigenvalue weighted by atomic mass is 32.2. The second kappa shape index (κ2) is 10.3. The highest BCUT2D eigenvalue weighted by molar-refractivity contribution is 7.92. The number of benzene rings is 3. The molecule has 0 saturated carbocycles. The van der Waals surface area contributed by atoms with Gasteiger partial charge in [-0.2, -0.15) is 0 Å². The second-order valence-corrected chi connectivity index (χ2v) is 9.11. The lowest BCUT2D eigenvalue weighted by Gasteiger charge is -2.30. The van der Waals surface area contributed by atoms with Crippen molar-refractivity contribution in [2.75, 3.05) is 15.9 Å². The molecule has 32 heavy (non-hydrogen) atoms. The van der Waals surface area contributed by atoms with Gasteiger partial charge in [0.15, 0.2) is 0 Å². The van der Waals surface area contributed by atoms with Crippen LogP contribution in [0.5, 0.6) is 5.75 Å². The number of rotatable bonds is 9. The molecule has 0 fully saturated rings. The van der Waals surface area contributed by atoms with E-state index in [-0.39, 0.29) is 12.1 Å². The standard InChI is InChI=1S/C24H25FN2O4S/c1-3-23(27(32(2,29)30)21-13-9-19(25)10-14-21)24(28)26-20-11-15-22(16-12-20)31-17-18-7-5-4-6-8-18/h4-16,23H,3,17H2,1-2H3,(H,26,28)/t23-/m0/s1. The fourth-order valence-electron chi connectivity index (χ4n) is 3.25. The first-order chi connectivity index (χ1) is 15.3. The molecule has 3 aromatic rings. The van der Waals surface area contributed by atoms with Crippen LogP contribution in [0.4, 0.5) is 15.8 Å². The zero-order valence-corrected chi connectivity index (χ0v) is 18.7. The molecule has 168 valence electrons. The van der Waals surface area contributed by atoms with Gasteiger partial charge < -0.3 is 10.1 Å². The summed E-state index contributed by atoms with van der Waals surface area (Å²) in [5, 5.41) is 2.75. The summed E-state index contributed by atoms with van der Waals surface area (Å²) < 4.78 is 44.9. The first-order valence-electron chi connectivity index (χ1n) is 10.1. The highest BCUT2D eigenvalue weighted by Crippen LogP contribution is 2.24. The van der Waals surface area contributed by atoms with E-state index in [0.717, 1.165) is 28.3 Å². The van der Waals surface area contributed by atoms with Crippen LogP contribution in [0.25, 0.3) is 0 Å². The summed E-state index contributed by atoms with van der Waals surface area (Å²) in [6, 6.07) is 20.6. The number of hydrogen-bond donors (Lipinski definition) is 1. The van der Waals surface area contributed by atoms with Gasteiger partial charge in [-0.1, -0.05) is 37.3 Å². The van der Waals surface area contributed by atoms with Crippen LogP contribution < -0.4 is 14.4 Å². The van der Waals surface area contributed by atoms with Crippen molar-refractivity contribution >= 4 is 27.3 Å². The van der Waals surface area contributed by atoms with Crippen molar-refractivity contribution in [2.24, 2.45) is 0 Å². The van der Waals surface area contributed by atoms with Gasteiger partial charge in [-0.15, -0.1) is 0 Å². The van der Waals surface area contributed by atoms with Gasteiger partial charge in [0.2, 0.25) is 15.9 Å². The molecular weight excluding hydrogens is 431 g/mol. The second-order valence-electron chi connectivity index (χ2n) is 7.25. The fraction of sp³-hybridized carbons (Fsp3) is 0.208. The van der Waals surface area contributed by atoms with Gasteiger partial charge in [-0.05, 0) is 60.5 Å². The number of carbonyl (C=O) groups is 1. The number of halogens is 1. The maximum atomic E-state index is 13.3. The topological polar surface area (TPSA) is 75.7 Å². The maximum absolute atomic E-state index is 13.3. The van der Waals surface area contributed by atoms with E-state index in [1.807, 2.05) is 30.3 Å². The lowest BCUT2D eigenvalue weighted by molar-refractivity contribution is -0.117. The van der Waals surface area contributed by atoms with Crippen LogP contribution in [0, 0.1) is 5.82 Å². The van der Waals surface area contributed by atoms with Gasteiger partial charge in [0.05, 0.1) is 11.9 Å². The minimum atomic E-state index is -3.79. The maximum Gasteiger partial charge on any atom is 0.248 e. The molecular formula is C24H25FN2O4S. The van der Waals surface area contributed by atoms with E-state index in [2.05, 4.69) is 5.32 Å². The number of sulfonamides is 1. The van der Waals surface area contributed by atoms with Crippen molar-refractivity contribution in [3.63, 3.8) is 0 Å². The van der Waals surface area contributed by atoms with Gasteiger partial charge in [-0.3, -0.25) is 9.10 Å². The average molecular weight is 457 g/mol. The van der Waals surface area contributed by atoms with Crippen LogP contribution in [0.2, 0.25) is 0 Å². The number of anilines is 2. The Morgan fingerprint density at radius 3 is 2.19 bits per heavy atom. The molecule has 0 saturated heterocycles. The first-order valence-corrected chi connectivity index (χ1v) is 12.0. The van der Waals surface area contributed by atoms with Crippen molar-refractivity contribution in [2.45, 2.75) is 26.0 Å². The molecule has 6 nitrogen and oxygen atoms in total. The number of hydrogen-bond acceptors (Lipinski definition) is 4. The Morgan fingerprint density at radius 2 is 1.62 bits per heavy atom. The van der Waals surface area contributed by atoms with Crippen LogP contribution in [-0.2, 0) is 21.4 Å². The monoisotopic (exact) mass is 456 g/mol. The van der Waals surface area contributed by atoms with Crippen LogP contribution in [0.3, 0.4) is 0 Å². The van der Waals surface area contributed by atoms with Gasteiger partial charge in [0.1, 0.15) is 24.2 Å². The molecule has 0 radical (unpaired) electrons. The van der Waals surface area contributed by atoms with E-state index in [1.165, 1.54) is 12.1 Å². The van der Waals surface area contributed by atoms with Crippen molar-refractivity contribution in [3.05, 3.63) is 90.2 Å². The van der Waals surface area contributed by atoms with Crippen LogP contribution in [-0.4, -0.2) is 26.6 Å². The Balaban J connectivity index is 1.71. The van der Waals surface area contributed by atoms with Crippen molar-refractivity contribution in [1.29, 1.82) is 0 Å². The largest absolute Gasteiger partial charge is 0.489 e. The Labute approximate surface area is 187 Å². The molecule has 0 heterocycles. The molecule has 0 aliphatic rings. The lowest BCUT2D eigenvalue weighted by Crippen LogP contribution is -2.47. The smallest absolute Gasteiger partial charge is 0.248 e. The Kier molecular flexibility index (Phi) is 7.48. The van der Waals surface area contributed by atoms with Crippen molar-refractivity contribution < 1.29 is 22.3 Å². The molecule has 0 bridgehead atoms. The predicted octanol–water partition coefficient (Wildman–Crippen LogP) is 4.59. The molecule has 1 N–H and O–H groups in total. The number of carbonyl (C=O) groups excluding carboxylic acids is 1. The molecule has 1 atom stereocenters. The molecule has 1 amide bonds. The molecule has 8 heteroatoms. The third-order valence-electron chi connectivity index (χ3n) is 4.78. The van der Waals surface area contributed by atoms with Gasteiger partial charge >= 0.3 is 0 Å². The fourth-order valence-corrected chi connectivity index (χ4v) is 4.46. The lowest BCUT2D eigenvalue weighted by atomic mass is 10.1. The van der Waals surface area contributed by atoms with Crippen LogP contribution >= 0.6 is 0 Å². The third kappa shape index (κ3) is 6.07. The van der Waals surface area contributed by atoms with E-state index < -0.39 is 27.8 Å². The Bertz CT molecular complexity index is 1130. The van der Waals surface area contributed by atoms with E-state index in [1.54, 1.807) is 31.2 Å². The number of nitrogens with one attached hydrogen (secondary N) is 1. The summed E-state index contributed by atoms with van der Waals surface area (Å²) in [5.41, 5.74) is 1.77. The summed E-state index contributed by atoms with van der Waals surface area (Å²) in [7, 11) is -3.79. The Hall–Kier alpha value is -3.39. The van der Waals surface area contributed by atoms with E-state index in [0.29, 0.717) is 18.0 Å². The zero-order valence-electron chi connectivity index (χ0n) is 17.9. The summed E-state index contributed by atoms with van der Waals surface area (Å²) in [5.74, 6) is -0.336. The predicted molar refractivity (Wildman–Crippen MR) is 124 cm³/mol. The minimum Gasteiger partial charge on any atom is -0.489 e. The summed E-state index contributed by atoms with van der Waals surface area (Å²) >= 11 is 0. The van der Waals surface area contributed by atoms with Gasteiger partial charge in [0.25, 0.3) is 0 Å². The zero-order chi connectivity index (χ0) is 23.1. The highest BCUT2D eigenvalue weighted by Gasteiger charge is 2.31. The molecule has 3 rings (SSSR count). The summed E-state index contributed by atoms with van der Waals surface area (Å²) in [6.45, 7) is 2.14. The SMILES string of the molecule is CC[C@@H](C(=O)Nc1ccc(OCc2ccccc2)cc1)N(c1ccc(F)cc1)S(C)(=O)=O. The molecule has 0 spiro atoms. The van der Waals surface area contributed by atoms with E-state index >= 15 is 0 Å². The normalized spacial score (nSPS) is 12.1. The molecule has 0 aliphatic carbocycles. The first kappa shape index (κ1) is 23.3. The van der Waals surface area contributed by atoms with Crippen LogP contribution in [0.1, 0.15) is 18.9 Å². The summed E-state index contributed by atoms with van der Waals surface area (Å²) in [6.07, 6.45) is 1.25. The van der Waals surface area contributed by atoms with Crippen molar-refractivity contribution in [3.8, 4) is 5.75 Å². The molecule has 3 aromatic carbocycles. The molecule has 0 aliphatic heterocycles. The summed E-state index contributed by atoms with van der Waals surface area (Å²) in [4.78, 5) is 12.9. The van der Waals surface area contributed by atoms with Gasteiger partial charge in [-0.25, -0.2) is 12.8 Å². The third-order valence-corrected chi connectivity index (χ3v) is 5.96. The van der Waals surface area contributed by atoms with Crippen LogP contribution in [0.15, 0.2) is 78.9 Å². The molecule has 0 aromatic heterocycles. The van der Waals surface area contributed by atoms with Crippen molar-refractivity contribution in [1.82, 2.24) is 0 Å². The molecule has 0 unspecified atom stereocenters. The van der Waals surface area contributed by atoms with E-state index in [4.69, 9.17) is 4.74 Å². The Morgan fingerprint density at radius 1 is 1.00 bits per heavy atom. The van der Waals surface area contributed by atoms with E-state index in [9.17, 15) is 17.6 Å². The number of ether oxygens (including phenoxy) is 1.